The van der Waals surface area contributed by atoms with Gasteiger partial charge in [-0.1, -0.05) is 78.9 Å². The van der Waals surface area contributed by atoms with Crippen molar-refractivity contribution >= 4 is 34.5 Å². The van der Waals surface area contributed by atoms with Gasteiger partial charge in [0.25, 0.3) is 0 Å². The maximum absolute atomic E-state index is 14.1. The number of nitrogens with zero attached hydrogens (tertiary/aromatic N) is 1. The number of fused-ring (bicyclic) bond motifs is 1. The van der Waals surface area contributed by atoms with Gasteiger partial charge in [0.2, 0.25) is 23.6 Å². The number of morpholine rings is 1. The zero-order valence-electron chi connectivity index (χ0n) is 26.8. The van der Waals surface area contributed by atoms with Gasteiger partial charge in [0.1, 0.15) is 12.1 Å². The number of aromatic amines is 1. The van der Waals surface area contributed by atoms with Crippen molar-refractivity contribution in [2.24, 2.45) is 0 Å². The van der Waals surface area contributed by atoms with Crippen molar-refractivity contribution in [3.63, 3.8) is 0 Å². The summed E-state index contributed by atoms with van der Waals surface area (Å²) in [6, 6.07) is 23.8. The van der Waals surface area contributed by atoms with Gasteiger partial charge in [-0.25, -0.2) is 0 Å². The molecule has 3 aromatic carbocycles. The van der Waals surface area contributed by atoms with Crippen LogP contribution in [-0.4, -0.2) is 90.5 Å². The van der Waals surface area contributed by atoms with Gasteiger partial charge in [-0.2, -0.15) is 0 Å². The van der Waals surface area contributed by atoms with Crippen LogP contribution in [-0.2, 0) is 43.2 Å². The number of nitrogens with one attached hydrogen (secondary N) is 5. The number of rotatable bonds is 7. The lowest BCUT2D eigenvalue weighted by Crippen LogP contribution is -2.60. The molecule has 2 saturated heterocycles. The first-order valence-electron chi connectivity index (χ1n) is 16.6. The van der Waals surface area contributed by atoms with Crippen molar-refractivity contribution in [2.75, 3.05) is 32.8 Å². The summed E-state index contributed by atoms with van der Waals surface area (Å²) in [6.07, 6.45) is 2.60. The van der Waals surface area contributed by atoms with Crippen molar-refractivity contribution < 1.29 is 23.9 Å². The average molecular weight is 651 g/mol. The molecule has 2 aliphatic rings. The van der Waals surface area contributed by atoms with Crippen LogP contribution in [0.25, 0.3) is 10.9 Å². The second-order valence-corrected chi connectivity index (χ2v) is 12.4. The van der Waals surface area contributed by atoms with Gasteiger partial charge in [-0.15, -0.1) is 0 Å². The first-order valence-corrected chi connectivity index (χ1v) is 16.6. The SMILES string of the molecule is O=C1C[C@H](N2CCOCC2)C(=O)NC[C@@H](Cc2ccccc2)NC(=O)[C@H](Cc2ccccc2)NC(=O)[C@H](Cc2c[nH]c3ccccc23)N1. The van der Waals surface area contributed by atoms with Crippen molar-refractivity contribution in [3.05, 3.63) is 108 Å². The number of amides is 4. The standard InChI is InChI=1S/C37H42N6O5/c44-34-22-33(43-15-17-48-18-16-43)37(47)39-24-28(19-25-9-3-1-4-10-25)40-35(45)31(20-26-11-5-2-6-12-26)42-36(46)32(41-34)21-27-23-38-30-14-8-7-13-29(27)30/h1-14,23,28,31-33,38H,15-22,24H2,(H,39,47)(H,40,45)(H,41,44)(H,42,46)/t28-,31+,32+,33+/m1/s1. The normalized spacial score (nSPS) is 23.4. The Hall–Kier alpha value is -5.00. The van der Waals surface area contributed by atoms with Crippen LogP contribution in [0.5, 0.6) is 0 Å². The average Bonchev–Trinajstić information content (AvgIpc) is 3.52. The lowest BCUT2D eigenvalue weighted by Gasteiger charge is -2.34. The van der Waals surface area contributed by atoms with E-state index in [1.165, 1.54) is 0 Å². The second-order valence-electron chi connectivity index (χ2n) is 12.4. The molecule has 250 valence electrons. The molecule has 0 unspecified atom stereocenters. The monoisotopic (exact) mass is 650 g/mol. The zero-order valence-corrected chi connectivity index (χ0v) is 26.8. The topological polar surface area (TPSA) is 145 Å². The Bertz CT molecular complexity index is 1710. The quantitative estimate of drug-likeness (QED) is 0.207. The molecule has 48 heavy (non-hydrogen) atoms. The lowest BCUT2D eigenvalue weighted by atomic mass is 10.00. The molecule has 11 heteroatoms. The summed E-state index contributed by atoms with van der Waals surface area (Å²) in [6.45, 7) is 2.04. The Morgan fingerprint density at radius 1 is 0.667 bits per heavy atom. The molecule has 0 saturated carbocycles. The summed E-state index contributed by atoms with van der Waals surface area (Å²) in [7, 11) is 0. The minimum atomic E-state index is -1.00. The molecule has 4 aromatic rings. The summed E-state index contributed by atoms with van der Waals surface area (Å²) in [5, 5.41) is 13.0. The molecule has 5 N–H and O–H groups in total. The number of aromatic nitrogens is 1. The fourth-order valence-electron chi connectivity index (χ4n) is 6.48. The third-order valence-corrected chi connectivity index (χ3v) is 9.03. The number of carbonyl (C=O) groups excluding carboxylic acids is 4. The maximum atomic E-state index is 14.1. The zero-order chi connectivity index (χ0) is 33.3. The van der Waals surface area contributed by atoms with Crippen LogP contribution in [0.15, 0.2) is 91.1 Å². The molecule has 0 aliphatic carbocycles. The molecule has 3 heterocycles. The van der Waals surface area contributed by atoms with Gasteiger partial charge in [-0.05, 0) is 29.2 Å². The summed E-state index contributed by atoms with van der Waals surface area (Å²) >= 11 is 0. The third kappa shape index (κ3) is 8.47. The summed E-state index contributed by atoms with van der Waals surface area (Å²) < 4.78 is 5.52. The predicted molar refractivity (Wildman–Crippen MR) is 182 cm³/mol. The van der Waals surface area contributed by atoms with E-state index in [4.69, 9.17) is 4.74 Å². The van der Waals surface area contributed by atoms with Gasteiger partial charge in [0.15, 0.2) is 0 Å². The fourth-order valence-corrected chi connectivity index (χ4v) is 6.48. The van der Waals surface area contributed by atoms with E-state index in [2.05, 4.69) is 26.3 Å². The molecule has 4 atom stereocenters. The first-order chi connectivity index (χ1) is 23.4. The highest BCUT2D eigenvalue weighted by Gasteiger charge is 2.34. The summed E-state index contributed by atoms with van der Waals surface area (Å²) in [4.78, 5) is 60.9. The minimum absolute atomic E-state index is 0.132. The van der Waals surface area contributed by atoms with Crippen LogP contribution < -0.4 is 21.3 Å². The number of hydrogen-bond acceptors (Lipinski definition) is 6. The van der Waals surface area contributed by atoms with Crippen molar-refractivity contribution in [1.29, 1.82) is 0 Å². The molecular formula is C37H42N6O5. The van der Waals surface area contributed by atoms with Gasteiger partial charge in [0.05, 0.1) is 31.7 Å². The van der Waals surface area contributed by atoms with Gasteiger partial charge in [-0.3, -0.25) is 24.1 Å². The van der Waals surface area contributed by atoms with Crippen LogP contribution in [0.1, 0.15) is 23.1 Å². The molecule has 1 aromatic heterocycles. The second kappa shape index (κ2) is 15.7. The highest BCUT2D eigenvalue weighted by Crippen LogP contribution is 2.20. The van der Waals surface area contributed by atoms with Gasteiger partial charge in [0, 0.05) is 49.6 Å². The number of benzene rings is 3. The predicted octanol–water partition coefficient (Wildman–Crippen LogP) is 1.87. The highest BCUT2D eigenvalue weighted by atomic mass is 16.5. The van der Waals surface area contributed by atoms with E-state index in [-0.39, 0.29) is 37.6 Å². The van der Waals surface area contributed by atoms with Crippen LogP contribution in [0.3, 0.4) is 0 Å². The van der Waals surface area contributed by atoms with E-state index < -0.39 is 36.0 Å². The van der Waals surface area contributed by atoms with E-state index in [1.807, 2.05) is 96.0 Å². The highest BCUT2D eigenvalue weighted by molar-refractivity contribution is 5.95. The summed E-state index contributed by atoms with van der Waals surface area (Å²) in [5.74, 6) is -1.59. The summed E-state index contributed by atoms with van der Waals surface area (Å²) in [5.41, 5.74) is 3.62. The Morgan fingerprint density at radius 2 is 1.29 bits per heavy atom. The smallest absolute Gasteiger partial charge is 0.243 e. The van der Waals surface area contributed by atoms with E-state index in [0.717, 1.165) is 27.6 Å². The molecule has 4 amide bonds. The Morgan fingerprint density at radius 3 is 2.02 bits per heavy atom. The van der Waals surface area contributed by atoms with Gasteiger partial charge < -0.3 is 31.0 Å². The van der Waals surface area contributed by atoms with E-state index >= 15 is 0 Å². The molecule has 0 bridgehead atoms. The number of ether oxygens (including phenoxy) is 1. The Labute approximate surface area is 279 Å². The number of para-hydroxylation sites is 1. The molecule has 6 rings (SSSR count). The number of hydrogen-bond donors (Lipinski definition) is 5. The van der Waals surface area contributed by atoms with Crippen molar-refractivity contribution in [3.8, 4) is 0 Å². The minimum Gasteiger partial charge on any atom is -0.379 e. The number of H-pyrrole nitrogens is 1. The maximum Gasteiger partial charge on any atom is 0.243 e. The first kappa shape index (κ1) is 32.9. The van der Waals surface area contributed by atoms with Crippen molar-refractivity contribution in [1.82, 2.24) is 31.2 Å². The molecule has 0 radical (unpaired) electrons. The van der Waals surface area contributed by atoms with Crippen LogP contribution in [0, 0.1) is 0 Å². The molecule has 11 nitrogen and oxygen atoms in total. The van der Waals surface area contributed by atoms with Crippen LogP contribution >= 0.6 is 0 Å². The Kier molecular flexibility index (Phi) is 10.8. The van der Waals surface area contributed by atoms with E-state index in [1.54, 1.807) is 0 Å². The van der Waals surface area contributed by atoms with Crippen LogP contribution in [0.4, 0.5) is 0 Å². The molecule has 2 aliphatic heterocycles. The van der Waals surface area contributed by atoms with Crippen molar-refractivity contribution in [2.45, 2.75) is 49.9 Å². The molecular weight excluding hydrogens is 608 g/mol. The molecule has 0 spiro atoms. The largest absolute Gasteiger partial charge is 0.379 e. The van der Waals surface area contributed by atoms with Crippen LogP contribution in [0.2, 0.25) is 0 Å². The lowest BCUT2D eigenvalue weighted by molar-refractivity contribution is -0.136. The fraction of sp³-hybridized carbons (Fsp3) is 0.351. The van der Waals surface area contributed by atoms with E-state index in [9.17, 15) is 19.2 Å². The third-order valence-electron chi connectivity index (χ3n) is 9.03. The van der Waals surface area contributed by atoms with Gasteiger partial charge >= 0.3 is 0 Å². The van der Waals surface area contributed by atoms with E-state index in [0.29, 0.717) is 32.7 Å². The Balaban J connectivity index is 1.33. The molecule has 2 fully saturated rings. The number of carbonyl (C=O) groups is 4.